The van der Waals surface area contributed by atoms with Crippen LogP contribution in [0.3, 0.4) is 0 Å². The van der Waals surface area contributed by atoms with Gasteiger partial charge in [-0.1, -0.05) is 49.1 Å². The maximum Gasteiger partial charge on any atom is 0.317 e. The van der Waals surface area contributed by atoms with Crippen molar-refractivity contribution in [1.29, 1.82) is 0 Å². The van der Waals surface area contributed by atoms with Gasteiger partial charge in [-0.25, -0.2) is 4.79 Å². The number of benzene rings is 1. The number of ether oxygens (including phenoxy) is 1. The molecule has 1 aliphatic heterocycles. The Kier molecular flexibility index (Phi) is 4.98. The van der Waals surface area contributed by atoms with Crippen molar-refractivity contribution in [2.75, 3.05) is 19.7 Å². The lowest BCUT2D eigenvalue weighted by molar-refractivity contribution is -0.0159. The average molecular weight is 302 g/mol. The number of nitrogens with zero attached hydrogens (tertiary/aromatic N) is 1. The summed E-state index contributed by atoms with van der Waals surface area (Å²) >= 11 is 0. The molecular weight excluding hydrogens is 276 g/mol. The number of aryl methyl sites for hydroxylation is 1. The Labute approximate surface area is 132 Å². The van der Waals surface area contributed by atoms with Crippen LogP contribution < -0.4 is 5.32 Å². The zero-order chi connectivity index (χ0) is 15.4. The Morgan fingerprint density at radius 2 is 1.91 bits per heavy atom. The SMILES string of the molecule is Cc1ccc(C2CN(C(=O)NC3CCCCC3)CCO2)cc1. The number of morpholine rings is 1. The van der Waals surface area contributed by atoms with Gasteiger partial charge in [0.1, 0.15) is 6.10 Å². The molecule has 0 aromatic heterocycles. The molecular formula is C18H26N2O2. The van der Waals surface area contributed by atoms with Crippen LogP contribution in [0.2, 0.25) is 0 Å². The standard InChI is InChI=1S/C18H26N2O2/c1-14-7-9-15(10-8-14)17-13-20(11-12-22-17)18(21)19-16-5-3-2-4-6-16/h7-10,16-17H,2-6,11-13H2,1H3,(H,19,21). The van der Waals surface area contributed by atoms with Gasteiger partial charge in [0.25, 0.3) is 0 Å². The predicted octanol–water partition coefficient (Wildman–Crippen LogP) is 3.41. The molecule has 2 amide bonds. The molecule has 1 atom stereocenters. The van der Waals surface area contributed by atoms with Gasteiger partial charge < -0.3 is 15.0 Å². The zero-order valence-corrected chi connectivity index (χ0v) is 13.4. The first-order valence-electron chi connectivity index (χ1n) is 8.46. The number of amides is 2. The number of urea groups is 1. The predicted molar refractivity (Wildman–Crippen MR) is 86.8 cm³/mol. The zero-order valence-electron chi connectivity index (χ0n) is 13.4. The van der Waals surface area contributed by atoms with Gasteiger partial charge >= 0.3 is 6.03 Å². The summed E-state index contributed by atoms with van der Waals surface area (Å²) in [6.07, 6.45) is 6.01. The maximum atomic E-state index is 12.5. The van der Waals surface area contributed by atoms with Crippen molar-refractivity contribution >= 4 is 6.03 Å². The fourth-order valence-corrected chi connectivity index (χ4v) is 3.33. The molecule has 22 heavy (non-hydrogen) atoms. The lowest BCUT2D eigenvalue weighted by Gasteiger charge is -2.35. The van der Waals surface area contributed by atoms with Gasteiger partial charge in [0, 0.05) is 12.6 Å². The van der Waals surface area contributed by atoms with Gasteiger partial charge in [-0.15, -0.1) is 0 Å². The second-order valence-corrected chi connectivity index (χ2v) is 6.50. The van der Waals surface area contributed by atoms with E-state index < -0.39 is 0 Å². The molecule has 1 aromatic carbocycles. The average Bonchev–Trinajstić information content (AvgIpc) is 2.56. The molecule has 1 saturated heterocycles. The summed E-state index contributed by atoms with van der Waals surface area (Å²) in [5.41, 5.74) is 2.40. The summed E-state index contributed by atoms with van der Waals surface area (Å²) in [4.78, 5) is 14.4. The third-order valence-electron chi connectivity index (χ3n) is 4.74. The van der Waals surface area contributed by atoms with E-state index in [0.717, 1.165) is 18.4 Å². The summed E-state index contributed by atoms with van der Waals surface area (Å²) < 4.78 is 5.85. The van der Waals surface area contributed by atoms with Crippen molar-refractivity contribution < 1.29 is 9.53 Å². The molecule has 1 saturated carbocycles. The van der Waals surface area contributed by atoms with Crippen molar-refractivity contribution in [2.24, 2.45) is 0 Å². The molecule has 2 aliphatic rings. The first kappa shape index (κ1) is 15.3. The van der Waals surface area contributed by atoms with Crippen LogP contribution in [0.5, 0.6) is 0 Å². The maximum absolute atomic E-state index is 12.5. The van der Waals surface area contributed by atoms with E-state index in [2.05, 4.69) is 36.5 Å². The number of hydrogen-bond acceptors (Lipinski definition) is 2. The van der Waals surface area contributed by atoms with Crippen LogP contribution in [0.15, 0.2) is 24.3 Å². The highest BCUT2D eigenvalue weighted by atomic mass is 16.5. The molecule has 0 bridgehead atoms. The van der Waals surface area contributed by atoms with E-state index in [4.69, 9.17) is 4.74 Å². The Bertz CT molecular complexity index is 494. The Balaban J connectivity index is 1.57. The molecule has 1 aliphatic carbocycles. The molecule has 4 nitrogen and oxygen atoms in total. The number of carbonyl (C=O) groups excluding carboxylic acids is 1. The second-order valence-electron chi connectivity index (χ2n) is 6.50. The van der Waals surface area contributed by atoms with Crippen molar-refractivity contribution in [3.63, 3.8) is 0 Å². The van der Waals surface area contributed by atoms with Gasteiger partial charge in [-0.3, -0.25) is 0 Å². The summed E-state index contributed by atoms with van der Waals surface area (Å²) in [7, 11) is 0. The molecule has 120 valence electrons. The largest absolute Gasteiger partial charge is 0.370 e. The number of hydrogen-bond donors (Lipinski definition) is 1. The van der Waals surface area contributed by atoms with Gasteiger partial charge in [0.15, 0.2) is 0 Å². The molecule has 1 unspecified atom stereocenters. The normalized spacial score (nSPS) is 23.3. The van der Waals surface area contributed by atoms with Crippen molar-refractivity contribution in [2.45, 2.75) is 51.2 Å². The molecule has 4 heteroatoms. The van der Waals surface area contributed by atoms with E-state index in [9.17, 15) is 4.79 Å². The second kappa shape index (κ2) is 7.14. The van der Waals surface area contributed by atoms with E-state index in [0.29, 0.717) is 25.7 Å². The van der Waals surface area contributed by atoms with Gasteiger partial charge in [-0.05, 0) is 25.3 Å². The molecule has 1 aromatic rings. The lowest BCUT2D eigenvalue weighted by atomic mass is 9.96. The molecule has 2 fully saturated rings. The summed E-state index contributed by atoms with van der Waals surface area (Å²) in [6, 6.07) is 8.83. The van der Waals surface area contributed by atoms with Gasteiger partial charge in [0.05, 0.1) is 13.2 Å². The highest BCUT2D eigenvalue weighted by Crippen LogP contribution is 2.23. The van der Waals surface area contributed by atoms with E-state index in [1.165, 1.54) is 24.8 Å². The molecule has 0 spiro atoms. The van der Waals surface area contributed by atoms with Crippen LogP contribution in [0.25, 0.3) is 0 Å². The quantitative estimate of drug-likeness (QED) is 0.909. The minimum Gasteiger partial charge on any atom is -0.370 e. The smallest absolute Gasteiger partial charge is 0.317 e. The van der Waals surface area contributed by atoms with E-state index in [1.54, 1.807) is 0 Å². The lowest BCUT2D eigenvalue weighted by Crippen LogP contribution is -2.50. The minimum absolute atomic E-state index is 0.00791. The first-order valence-corrected chi connectivity index (χ1v) is 8.46. The minimum atomic E-state index is -0.00791. The molecule has 0 radical (unpaired) electrons. The topological polar surface area (TPSA) is 41.6 Å². The Hall–Kier alpha value is -1.55. The third-order valence-corrected chi connectivity index (χ3v) is 4.74. The van der Waals surface area contributed by atoms with Crippen LogP contribution >= 0.6 is 0 Å². The summed E-state index contributed by atoms with van der Waals surface area (Å²) in [5, 5.41) is 3.20. The summed E-state index contributed by atoms with van der Waals surface area (Å²) in [6.45, 7) is 4.01. The number of carbonyl (C=O) groups is 1. The Morgan fingerprint density at radius 1 is 1.18 bits per heavy atom. The number of nitrogens with one attached hydrogen (secondary N) is 1. The van der Waals surface area contributed by atoms with Crippen LogP contribution in [0, 0.1) is 6.92 Å². The highest BCUT2D eigenvalue weighted by Gasteiger charge is 2.27. The van der Waals surface area contributed by atoms with Crippen LogP contribution in [0.4, 0.5) is 4.79 Å². The van der Waals surface area contributed by atoms with E-state index in [-0.39, 0.29) is 12.1 Å². The molecule has 1 heterocycles. The van der Waals surface area contributed by atoms with Crippen molar-refractivity contribution in [3.05, 3.63) is 35.4 Å². The fraction of sp³-hybridized carbons (Fsp3) is 0.611. The van der Waals surface area contributed by atoms with Crippen LogP contribution in [0.1, 0.15) is 49.3 Å². The highest BCUT2D eigenvalue weighted by molar-refractivity contribution is 5.74. The van der Waals surface area contributed by atoms with E-state index in [1.807, 2.05) is 4.90 Å². The van der Waals surface area contributed by atoms with Gasteiger partial charge in [-0.2, -0.15) is 0 Å². The van der Waals surface area contributed by atoms with Crippen LogP contribution in [-0.4, -0.2) is 36.7 Å². The Morgan fingerprint density at radius 3 is 2.64 bits per heavy atom. The molecule has 1 N–H and O–H groups in total. The molecule has 3 rings (SSSR count). The fourth-order valence-electron chi connectivity index (χ4n) is 3.33. The van der Waals surface area contributed by atoms with Crippen LogP contribution in [-0.2, 0) is 4.74 Å². The van der Waals surface area contributed by atoms with E-state index >= 15 is 0 Å². The third kappa shape index (κ3) is 3.80. The summed E-state index contributed by atoms with van der Waals surface area (Å²) in [5.74, 6) is 0. The van der Waals surface area contributed by atoms with Crippen molar-refractivity contribution in [3.8, 4) is 0 Å². The monoisotopic (exact) mass is 302 g/mol. The van der Waals surface area contributed by atoms with Crippen molar-refractivity contribution in [1.82, 2.24) is 10.2 Å². The number of rotatable bonds is 2. The first-order chi connectivity index (χ1) is 10.7. The van der Waals surface area contributed by atoms with Gasteiger partial charge in [0.2, 0.25) is 0 Å².